The molecule has 1 aliphatic rings. The number of carbonyl (C=O) groups excluding carboxylic acids is 2. The summed E-state index contributed by atoms with van der Waals surface area (Å²) in [5.41, 5.74) is 4.07. The van der Waals surface area contributed by atoms with Gasteiger partial charge in [0.2, 0.25) is 0 Å². The van der Waals surface area contributed by atoms with Crippen LogP contribution in [0.1, 0.15) is 25.6 Å². The van der Waals surface area contributed by atoms with E-state index in [4.69, 9.17) is 23.2 Å². The molecule has 0 amide bonds. The first-order valence-electron chi connectivity index (χ1n) is 10.3. The minimum absolute atomic E-state index is 0.143. The van der Waals surface area contributed by atoms with Crippen LogP contribution in [0.5, 0.6) is 0 Å². The van der Waals surface area contributed by atoms with Gasteiger partial charge in [-0.3, -0.25) is 9.59 Å². The van der Waals surface area contributed by atoms with Crippen molar-refractivity contribution in [2.75, 3.05) is 0 Å². The van der Waals surface area contributed by atoms with Gasteiger partial charge in [0.05, 0.1) is 25.8 Å². The Labute approximate surface area is 203 Å². The second kappa shape index (κ2) is 7.42. The molecule has 0 bridgehead atoms. The Morgan fingerprint density at radius 1 is 0.818 bits per heavy atom. The van der Waals surface area contributed by atoms with Crippen molar-refractivity contribution in [3.8, 4) is 11.3 Å². The van der Waals surface area contributed by atoms with Gasteiger partial charge in [0.15, 0.2) is 11.6 Å². The molecule has 160 valence electrons. The highest BCUT2D eigenvalue weighted by Crippen LogP contribution is 2.38. The molecule has 2 aromatic heterocycles. The van der Waals surface area contributed by atoms with E-state index in [2.05, 4.69) is 41.0 Å². The molecule has 3 nitrogen and oxygen atoms in total. The highest BCUT2D eigenvalue weighted by Gasteiger charge is 2.34. The number of benzene rings is 3. The van der Waals surface area contributed by atoms with Gasteiger partial charge in [-0.1, -0.05) is 59.6 Å². The second-order valence-corrected chi connectivity index (χ2v) is 10.0. The fourth-order valence-electron chi connectivity index (χ4n) is 4.42. The number of ketones is 2. The van der Waals surface area contributed by atoms with Crippen LogP contribution in [0.3, 0.4) is 0 Å². The summed E-state index contributed by atoms with van der Waals surface area (Å²) >= 11 is 13.7. The molecule has 0 atom stereocenters. The summed E-state index contributed by atoms with van der Waals surface area (Å²) in [7, 11) is 2.03. The molecule has 33 heavy (non-hydrogen) atoms. The largest absolute Gasteiger partial charge is 0.343 e. The molecule has 0 N–H and O–H groups in total. The number of carbonyl (C=O) groups is 2. The molecule has 5 aromatic rings. The minimum Gasteiger partial charge on any atom is -0.343 e. The SMILES string of the molecule is Cn1c(-c2ccc3ccccc3c2)cc2sc(C=C3C(=O)c4cc(Cl)c(Cl)cc4C3=O)cc21. The summed E-state index contributed by atoms with van der Waals surface area (Å²) in [5.74, 6) is -0.634. The minimum atomic E-state index is -0.317. The number of allylic oxidation sites excluding steroid dienone is 1. The third-order valence-corrected chi connectivity index (χ3v) is 7.86. The Kier molecular flexibility index (Phi) is 4.59. The van der Waals surface area contributed by atoms with Gasteiger partial charge >= 0.3 is 0 Å². The molecule has 2 heterocycles. The zero-order valence-corrected chi connectivity index (χ0v) is 19.7. The number of aromatic nitrogens is 1. The summed E-state index contributed by atoms with van der Waals surface area (Å²) in [6, 6.07) is 21.9. The predicted molar refractivity (Wildman–Crippen MR) is 137 cm³/mol. The Hall–Kier alpha value is -3.18. The number of nitrogens with zero attached hydrogens (tertiary/aromatic N) is 1. The molecule has 1 aliphatic carbocycles. The fourth-order valence-corrected chi connectivity index (χ4v) is 5.82. The van der Waals surface area contributed by atoms with Gasteiger partial charge in [-0.25, -0.2) is 0 Å². The van der Waals surface area contributed by atoms with E-state index >= 15 is 0 Å². The first-order chi connectivity index (χ1) is 15.9. The van der Waals surface area contributed by atoms with E-state index in [1.165, 1.54) is 22.9 Å². The lowest BCUT2D eigenvalue weighted by molar-refractivity contribution is 0.0990. The maximum Gasteiger partial charge on any atom is 0.197 e. The van der Waals surface area contributed by atoms with Crippen molar-refractivity contribution in [1.82, 2.24) is 4.57 Å². The summed E-state index contributed by atoms with van der Waals surface area (Å²) < 4.78 is 3.24. The van der Waals surface area contributed by atoms with Crippen molar-refractivity contribution in [2.24, 2.45) is 7.05 Å². The van der Waals surface area contributed by atoms with E-state index in [0.29, 0.717) is 11.1 Å². The normalized spacial score (nSPS) is 13.4. The van der Waals surface area contributed by atoms with Crippen molar-refractivity contribution in [3.63, 3.8) is 0 Å². The molecule has 0 spiro atoms. The molecule has 0 fully saturated rings. The average Bonchev–Trinajstić information content (AvgIpc) is 3.42. The van der Waals surface area contributed by atoms with Crippen molar-refractivity contribution in [3.05, 3.63) is 98.4 Å². The van der Waals surface area contributed by atoms with E-state index in [1.807, 2.05) is 25.2 Å². The summed E-state index contributed by atoms with van der Waals surface area (Å²) in [5, 5.41) is 2.94. The number of Topliss-reactive ketones (excluding diaryl/α,β-unsaturated/α-hetero) is 2. The second-order valence-electron chi connectivity index (χ2n) is 8.08. The van der Waals surface area contributed by atoms with E-state index in [-0.39, 0.29) is 27.2 Å². The van der Waals surface area contributed by atoms with Crippen molar-refractivity contribution >= 4 is 73.2 Å². The number of hydrogen-bond donors (Lipinski definition) is 0. The lowest BCUT2D eigenvalue weighted by Crippen LogP contribution is -1.99. The topological polar surface area (TPSA) is 39.1 Å². The molecule has 0 aliphatic heterocycles. The van der Waals surface area contributed by atoms with Crippen molar-refractivity contribution in [1.29, 1.82) is 0 Å². The molecule has 0 unspecified atom stereocenters. The van der Waals surface area contributed by atoms with Gasteiger partial charge in [-0.2, -0.15) is 0 Å². The predicted octanol–water partition coefficient (Wildman–Crippen LogP) is 7.83. The van der Waals surface area contributed by atoms with Gasteiger partial charge in [0, 0.05) is 28.7 Å². The first kappa shape index (κ1) is 20.4. The maximum atomic E-state index is 12.9. The molecule has 6 rings (SSSR count). The van der Waals surface area contributed by atoms with Crippen LogP contribution in [0.2, 0.25) is 10.0 Å². The molecule has 0 saturated heterocycles. The zero-order valence-electron chi connectivity index (χ0n) is 17.4. The van der Waals surface area contributed by atoms with Gasteiger partial charge in [0.25, 0.3) is 0 Å². The van der Waals surface area contributed by atoms with Crippen LogP contribution >= 0.6 is 34.5 Å². The molecular formula is C27H15Cl2NO2S. The number of aryl methyl sites for hydroxylation is 1. The van der Waals surface area contributed by atoms with E-state index in [0.717, 1.165) is 26.4 Å². The first-order valence-corrected chi connectivity index (χ1v) is 11.9. The maximum absolute atomic E-state index is 12.9. The number of rotatable bonds is 2. The van der Waals surface area contributed by atoms with Gasteiger partial charge in [-0.05, 0) is 52.7 Å². The summed E-state index contributed by atoms with van der Waals surface area (Å²) in [4.78, 5) is 26.5. The molecule has 0 saturated carbocycles. The van der Waals surface area contributed by atoms with Crippen molar-refractivity contribution < 1.29 is 9.59 Å². The van der Waals surface area contributed by atoms with Gasteiger partial charge in [-0.15, -0.1) is 11.3 Å². The van der Waals surface area contributed by atoms with Crippen LogP contribution in [-0.2, 0) is 7.05 Å². The molecular weight excluding hydrogens is 473 g/mol. The van der Waals surface area contributed by atoms with Crippen LogP contribution in [0.25, 0.3) is 38.3 Å². The van der Waals surface area contributed by atoms with E-state index < -0.39 is 0 Å². The van der Waals surface area contributed by atoms with E-state index in [9.17, 15) is 9.59 Å². The smallest absolute Gasteiger partial charge is 0.197 e. The third-order valence-electron chi connectivity index (χ3n) is 6.12. The fraction of sp³-hybridized carbons (Fsp3) is 0.0370. The van der Waals surface area contributed by atoms with Crippen LogP contribution in [0.15, 0.2) is 72.3 Å². The number of hydrogen-bond acceptors (Lipinski definition) is 3. The summed E-state index contributed by atoms with van der Waals surface area (Å²) in [6.45, 7) is 0. The monoisotopic (exact) mass is 487 g/mol. The van der Waals surface area contributed by atoms with Crippen molar-refractivity contribution in [2.45, 2.75) is 0 Å². The standard InChI is InChI=1S/C27H15Cl2NO2S/c1-30-23(16-7-6-14-4-2-3-5-15(14)8-16)13-25-24(30)10-17(33-25)9-20-26(31)18-11-21(28)22(29)12-19(18)27(20)32/h2-13H,1H3. The number of fused-ring (bicyclic) bond motifs is 3. The van der Waals surface area contributed by atoms with Crippen LogP contribution in [0, 0.1) is 0 Å². The lowest BCUT2D eigenvalue weighted by atomic mass is 10.1. The quantitative estimate of drug-likeness (QED) is 0.188. The Balaban J connectivity index is 1.40. The molecule has 6 heteroatoms. The Morgan fingerprint density at radius 2 is 1.48 bits per heavy atom. The highest BCUT2D eigenvalue weighted by molar-refractivity contribution is 7.19. The Morgan fingerprint density at radius 3 is 2.15 bits per heavy atom. The average molecular weight is 488 g/mol. The highest BCUT2D eigenvalue weighted by atomic mass is 35.5. The van der Waals surface area contributed by atoms with Crippen LogP contribution in [0.4, 0.5) is 0 Å². The van der Waals surface area contributed by atoms with Gasteiger partial charge in [0.1, 0.15) is 0 Å². The molecule has 3 aromatic carbocycles. The van der Waals surface area contributed by atoms with Crippen LogP contribution < -0.4 is 0 Å². The number of thiophene rings is 1. The van der Waals surface area contributed by atoms with Gasteiger partial charge < -0.3 is 4.57 Å². The summed E-state index contributed by atoms with van der Waals surface area (Å²) in [6.07, 6.45) is 1.67. The zero-order chi connectivity index (χ0) is 22.9. The number of halogens is 2. The van der Waals surface area contributed by atoms with E-state index in [1.54, 1.807) is 17.4 Å². The third kappa shape index (κ3) is 3.17. The molecule has 0 radical (unpaired) electrons. The van der Waals surface area contributed by atoms with Crippen LogP contribution in [-0.4, -0.2) is 16.1 Å². The lowest BCUT2D eigenvalue weighted by Gasteiger charge is -2.06. The Bertz CT molecular complexity index is 1650.